The Hall–Kier alpha value is -2.22. The number of hydrogen-bond acceptors (Lipinski definition) is 5. The van der Waals surface area contributed by atoms with Gasteiger partial charge < -0.3 is 4.90 Å². The summed E-state index contributed by atoms with van der Waals surface area (Å²) in [6.07, 6.45) is 2.68. The van der Waals surface area contributed by atoms with E-state index in [0.29, 0.717) is 6.54 Å². The Morgan fingerprint density at radius 3 is 2.23 bits per heavy atom. The van der Waals surface area contributed by atoms with E-state index in [1.807, 2.05) is 6.92 Å². The molecule has 1 aliphatic rings. The van der Waals surface area contributed by atoms with Gasteiger partial charge >= 0.3 is 0 Å². The number of likely N-dealkylation sites (tertiary alicyclic amines) is 1. The first-order valence-corrected chi connectivity index (χ1v) is 7.14. The molecule has 0 spiro atoms. The normalized spacial score (nSPS) is 18.1. The van der Waals surface area contributed by atoms with Gasteiger partial charge in [-0.3, -0.25) is 25.0 Å². The fourth-order valence-corrected chi connectivity index (χ4v) is 2.80. The second kappa shape index (κ2) is 6.27. The summed E-state index contributed by atoms with van der Waals surface area (Å²) in [5.74, 6) is -0.449. The summed E-state index contributed by atoms with van der Waals surface area (Å²) in [7, 11) is 0. The molecule has 0 N–H and O–H groups in total. The summed E-state index contributed by atoms with van der Waals surface area (Å²) >= 11 is 5.68. The van der Waals surface area contributed by atoms with Gasteiger partial charge in [-0.25, -0.2) is 0 Å². The van der Waals surface area contributed by atoms with Crippen LogP contribution in [0, 0.1) is 20.2 Å². The fourth-order valence-electron chi connectivity index (χ4n) is 2.55. The van der Waals surface area contributed by atoms with Crippen molar-refractivity contribution in [3.05, 3.63) is 42.9 Å². The molecule has 0 aliphatic carbocycles. The van der Waals surface area contributed by atoms with Crippen LogP contribution in [0.15, 0.2) is 12.1 Å². The van der Waals surface area contributed by atoms with E-state index in [0.717, 1.165) is 31.4 Å². The zero-order valence-electron chi connectivity index (χ0n) is 11.8. The molecule has 22 heavy (non-hydrogen) atoms. The number of nitro benzene ring substituents is 2. The maximum atomic E-state index is 12.5. The van der Waals surface area contributed by atoms with Crippen LogP contribution in [0.25, 0.3) is 0 Å². The lowest BCUT2D eigenvalue weighted by Crippen LogP contribution is -2.42. The number of carbonyl (C=O) groups excluding carboxylic acids is 1. The van der Waals surface area contributed by atoms with Crippen molar-refractivity contribution in [2.75, 3.05) is 6.54 Å². The number of nitro groups is 2. The number of nitrogens with zero attached hydrogens (tertiary/aromatic N) is 3. The van der Waals surface area contributed by atoms with Crippen molar-refractivity contribution in [3.63, 3.8) is 0 Å². The Morgan fingerprint density at radius 2 is 1.77 bits per heavy atom. The summed E-state index contributed by atoms with van der Waals surface area (Å²) in [6.45, 7) is 2.42. The van der Waals surface area contributed by atoms with Crippen LogP contribution in [0.2, 0.25) is 5.02 Å². The molecule has 0 saturated carbocycles. The number of halogens is 1. The second-order valence-corrected chi connectivity index (χ2v) is 5.56. The number of hydrogen-bond donors (Lipinski definition) is 0. The standard InChI is InChI=1S/C13H14ClN3O5/c1-8-4-2-3-5-15(8)13(18)9-6-10(16(19)20)12(14)11(7-9)17(21)22/h6-8H,2-5H2,1H3/t8-/m0/s1. The van der Waals surface area contributed by atoms with Gasteiger partial charge in [0.15, 0.2) is 5.02 Å². The minimum Gasteiger partial charge on any atom is -0.336 e. The van der Waals surface area contributed by atoms with E-state index in [1.165, 1.54) is 0 Å². The van der Waals surface area contributed by atoms with E-state index in [4.69, 9.17) is 11.6 Å². The first-order chi connectivity index (χ1) is 10.3. The van der Waals surface area contributed by atoms with E-state index in [9.17, 15) is 25.0 Å². The molecule has 1 saturated heterocycles. The minimum absolute atomic E-state index is 0.00459. The molecule has 2 rings (SSSR count). The highest BCUT2D eigenvalue weighted by molar-refractivity contribution is 6.35. The van der Waals surface area contributed by atoms with Crippen molar-refractivity contribution in [2.24, 2.45) is 0 Å². The highest BCUT2D eigenvalue weighted by atomic mass is 35.5. The van der Waals surface area contributed by atoms with Gasteiger partial charge in [-0.15, -0.1) is 0 Å². The molecule has 1 fully saturated rings. The van der Waals surface area contributed by atoms with Crippen LogP contribution in [-0.2, 0) is 0 Å². The zero-order chi connectivity index (χ0) is 16.4. The molecule has 1 heterocycles. The molecule has 9 heteroatoms. The van der Waals surface area contributed by atoms with E-state index in [2.05, 4.69) is 0 Å². The van der Waals surface area contributed by atoms with E-state index in [1.54, 1.807) is 4.90 Å². The van der Waals surface area contributed by atoms with Gasteiger partial charge in [0, 0.05) is 24.7 Å². The smallest absolute Gasteiger partial charge is 0.295 e. The number of rotatable bonds is 3. The van der Waals surface area contributed by atoms with Crippen LogP contribution in [0.3, 0.4) is 0 Å². The number of carbonyl (C=O) groups is 1. The van der Waals surface area contributed by atoms with Crippen molar-refractivity contribution in [1.82, 2.24) is 4.90 Å². The average Bonchev–Trinajstić information content (AvgIpc) is 2.46. The largest absolute Gasteiger partial charge is 0.336 e. The van der Waals surface area contributed by atoms with Gasteiger partial charge in [0.05, 0.1) is 15.4 Å². The Labute approximate surface area is 131 Å². The minimum atomic E-state index is -0.828. The van der Waals surface area contributed by atoms with E-state index >= 15 is 0 Å². The zero-order valence-corrected chi connectivity index (χ0v) is 12.6. The monoisotopic (exact) mass is 327 g/mol. The summed E-state index contributed by atoms with van der Waals surface area (Å²) in [5, 5.41) is 21.4. The molecule has 0 unspecified atom stereocenters. The van der Waals surface area contributed by atoms with Crippen LogP contribution in [0.1, 0.15) is 36.5 Å². The molecule has 1 amide bonds. The number of piperidine rings is 1. The summed E-state index contributed by atoms with van der Waals surface area (Å²) in [4.78, 5) is 34.4. The lowest BCUT2D eigenvalue weighted by atomic mass is 10.0. The Kier molecular flexibility index (Phi) is 4.60. The van der Waals surface area contributed by atoms with Crippen molar-refractivity contribution >= 4 is 28.9 Å². The highest BCUT2D eigenvalue weighted by Gasteiger charge is 2.30. The lowest BCUT2D eigenvalue weighted by Gasteiger charge is -2.33. The Balaban J connectivity index is 2.48. The first kappa shape index (κ1) is 16.2. The molecular formula is C13H14ClN3O5. The molecule has 1 atom stereocenters. The Morgan fingerprint density at radius 1 is 1.23 bits per heavy atom. The highest BCUT2D eigenvalue weighted by Crippen LogP contribution is 2.35. The van der Waals surface area contributed by atoms with Crippen molar-refractivity contribution in [2.45, 2.75) is 32.2 Å². The van der Waals surface area contributed by atoms with Crippen LogP contribution in [0.4, 0.5) is 11.4 Å². The molecule has 8 nitrogen and oxygen atoms in total. The third-order valence-corrected chi connectivity index (χ3v) is 4.13. The van der Waals surface area contributed by atoms with Gasteiger partial charge in [0.25, 0.3) is 17.3 Å². The molecule has 0 bridgehead atoms. The summed E-state index contributed by atoms with van der Waals surface area (Å²) in [6, 6.07) is 1.99. The first-order valence-electron chi connectivity index (χ1n) is 6.76. The third kappa shape index (κ3) is 3.01. The quantitative estimate of drug-likeness (QED) is 0.626. The Bertz CT molecular complexity index is 614. The van der Waals surface area contributed by atoms with Crippen molar-refractivity contribution in [3.8, 4) is 0 Å². The fraction of sp³-hybridized carbons (Fsp3) is 0.462. The van der Waals surface area contributed by atoms with Crippen LogP contribution < -0.4 is 0 Å². The predicted octanol–water partition coefficient (Wildman–Crippen LogP) is 3.17. The van der Waals surface area contributed by atoms with Crippen LogP contribution in [-0.4, -0.2) is 33.2 Å². The molecule has 1 aromatic rings. The van der Waals surface area contributed by atoms with Crippen molar-refractivity contribution in [1.29, 1.82) is 0 Å². The molecule has 118 valence electrons. The topological polar surface area (TPSA) is 107 Å². The summed E-state index contributed by atoms with van der Waals surface area (Å²) in [5.41, 5.74) is -1.36. The maximum Gasteiger partial charge on any atom is 0.295 e. The van der Waals surface area contributed by atoms with Gasteiger partial charge in [0.2, 0.25) is 0 Å². The second-order valence-electron chi connectivity index (χ2n) is 5.19. The molecule has 0 radical (unpaired) electrons. The van der Waals surface area contributed by atoms with Gasteiger partial charge in [-0.1, -0.05) is 11.6 Å². The van der Waals surface area contributed by atoms with E-state index < -0.39 is 32.2 Å². The SMILES string of the molecule is C[C@H]1CCCCN1C(=O)c1cc([N+](=O)[O-])c(Cl)c([N+](=O)[O-])c1. The van der Waals surface area contributed by atoms with Crippen molar-refractivity contribution < 1.29 is 14.6 Å². The van der Waals surface area contributed by atoms with E-state index in [-0.39, 0.29) is 11.6 Å². The molecular weight excluding hydrogens is 314 g/mol. The predicted molar refractivity (Wildman–Crippen MR) is 79.1 cm³/mol. The van der Waals surface area contributed by atoms with Crippen LogP contribution >= 0.6 is 11.6 Å². The maximum absolute atomic E-state index is 12.5. The van der Waals surface area contributed by atoms with Gasteiger partial charge in [-0.2, -0.15) is 0 Å². The summed E-state index contributed by atoms with van der Waals surface area (Å²) < 4.78 is 0. The van der Waals surface area contributed by atoms with Crippen LogP contribution in [0.5, 0.6) is 0 Å². The number of benzene rings is 1. The molecule has 0 aromatic heterocycles. The number of amides is 1. The molecule has 1 aromatic carbocycles. The van der Waals surface area contributed by atoms with Gasteiger partial charge in [-0.05, 0) is 26.2 Å². The van der Waals surface area contributed by atoms with Gasteiger partial charge in [0.1, 0.15) is 0 Å². The molecule has 1 aliphatic heterocycles. The third-order valence-electron chi connectivity index (χ3n) is 3.74. The lowest BCUT2D eigenvalue weighted by molar-refractivity contribution is -0.393. The average molecular weight is 328 g/mol.